The molecule has 0 spiro atoms. The van der Waals surface area contributed by atoms with Crippen molar-refractivity contribution < 1.29 is 14.3 Å². The molecule has 0 heterocycles. The van der Waals surface area contributed by atoms with Crippen LogP contribution >= 0.6 is 24.2 Å². The number of anilines is 1. The maximum Gasteiger partial charge on any atom is 0.315 e. The average molecular weight is 373 g/mol. The van der Waals surface area contributed by atoms with Crippen molar-refractivity contribution in [1.82, 2.24) is 0 Å². The summed E-state index contributed by atoms with van der Waals surface area (Å²) in [5.41, 5.74) is 7.31. The third-order valence-corrected chi connectivity index (χ3v) is 5.08. The molecule has 0 unspecified atom stereocenters. The standard InChI is InChI=1S/C17H24N2O3S.ClH/c1-22-15(20)12-23-11-13-6-5-7-14(10-13)19-16(21)17(18)8-3-2-4-9-17;/h5-7,10H,2-4,8-9,11-12,18H2,1H3,(H,19,21);1H. The minimum Gasteiger partial charge on any atom is -0.468 e. The molecular weight excluding hydrogens is 348 g/mol. The third-order valence-electron chi connectivity index (χ3n) is 4.10. The van der Waals surface area contributed by atoms with Crippen LogP contribution in [0.3, 0.4) is 0 Å². The van der Waals surface area contributed by atoms with Crippen LogP contribution in [0.5, 0.6) is 0 Å². The fraction of sp³-hybridized carbons (Fsp3) is 0.529. The molecule has 1 saturated carbocycles. The quantitative estimate of drug-likeness (QED) is 0.750. The Hall–Kier alpha value is -1.24. The molecule has 7 heteroatoms. The molecule has 1 aromatic rings. The van der Waals surface area contributed by atoms with E-state index in [-0.39, 0.29) is 24.3 Å². The average Bonchev–Trinajstić information content (AvgIpc) is 2.55. The highest BCUT2D eigenvalue weighted by Gasteiger charge is 2.35. The van der Waals surface area contributed by atoms with Crippen molar-refractivity contribution in [3.63, 3.8) is 0 Å². The van der Waals surface area contributed by atoms with Gasteiger partial charge in [0, 0.05) is 11.4 Å². The summed E-state index contributed by atoms with van der Waals surface area (Å²) < 4.78 is 4.61. The minimum absolute atomic E-state index is 0. The van der Waals surface area contributed by atoms with Gasteiger partial charge in [-0.3, -0.25) is 9.59 Å². The molecular formula is C17H25ClN2O3S. The Morgan fingerprint density at radius 1 is 1.29 bits per heavy atom. The number of carbonyl (C=O) groups excluding carboxylic acids is 2. The Morgan fingerprint density at radius 2 is 2.00 bits per heavy atom. The fourth-order valence-electron chi connectivity index (χ4n) is 2.72. The van der Waals surface area contributed by atoms with E-state index in [2.05, 4.69) is 10.1 Å². The van der Waals surface area contributed by atoms with E-state index in [1.54, 1.807) is 0 Å². The minimum atomic E-state index is -0.742. The van der Waals surface area contributed by atoms with Crippen molar-refractivity contribution >= 4 is 41.7 Å². The van der Waals surface area contributed by atoms with Gasteiger partial charge in [-0.05, 0) is 30.5 Å². The van der Waals surface area contributed by atoms with Crippen molar-refractivity contribution in [3.05, 3.63) is 29.8 Å². The third kappa shape index (κ3) is 6.00. The number of hydrogen-bond donors (Lipinski definition) is 2. The smallest absolute Gasteiger partial charge is 0.315 e. The molecule has 0 radical (unpaired) electrons. The number of ether oxygens (including phenoxy) is 1. The van der Waals surface area contributed by atoms with Gasteiger partial charge < -0.3 is 15.8 Å². The SMILES string of the molecule is COC(=O)CSCc1cccc(NC(=O)C2(N)CCCCC2)c1.Cl. The zero-order valence-corrected chi connectivity index (χ0v) is 15.5. The first kappa shape index (κ1) is 20.8. The summed E-state index contributed by atoms with van der Waals surface area (Å²) in [5.74, 6) is 0.671. The lowest BCUT2D eigenvalue weighted by molar-refractivity contribution is -0.137. The summed E-state index contributed by atoms with van der Waals surface area (Å²) >= 11 is 1.48. The van der Waals surface area contributed by atoms with Crippen molar-refractivity contribution in [2.24, 2.45) is 5.73 Å². The van der Waals surface area contributed by atoms with Crippen LogP contribution in [-0.4, -0.2) is 30.3 Å². The lowest BCUT2D eigenvalue weighted by Crippen LogP contribution is -2.52. The second kappa shape index (κ2) is 9.91. The molecule has 0 aromatic heterocycles. The van der Waals surface area contributed by atoms with Crippen LogP contribution in [0.25, 0.3) is 0 Å². The molecule has 0 saturated heterocycles. The molecule has 24 heavy (non-hydrogen) atoms. The largest absolute Gasteiger partial charge is 0.468 e. The van der Waals surface area contributed by atoms with Crippen molar-refractivity contribution in [2.75, 3.05) is 18.2 Å². The fourth-order valence-corrected chi connectivity index (χ4v) is 3.52. The van der Waals surface area contributed by atoms with Gasteiger partial charge in [-0.2, -0.15) is 0 Å². The monoisotopic (exact) mass is 372 g/mol. The Bertz CT molecular complexity index is 563. The first-order valence-electron chi connectivity index (χ1n) is 7.87. The topological polar surface area (TPSA) is 81.4 Å². The van der Waals surface area contributed by atoms with Gasteiger partial charge >= 0.3 is 5.97 Å². The van der Waals surface area contributed by atoms with Crippen molar-refractivity contribution in [2.45, 2.75) is 43.4 Å². The number of nitrogens with one attached hydrogen (secondary N) is 1. The lowest BCUT2D eigenvalue weighted by atomic mass is 9.82. The molecule has 1 aromatic carbocycles. The molecule has 0 aliphatic heterocycles. The van der Waals surface area contributed by atoms with Crippen LogP contribution < -0.4 is 11.1 Å². The van der Waals surface area contributed by atoms with Gasteiger partial charge in [0.15, 0.2) is 0 Å². The second-order valence-electron chi connectivity index (χ2n) is 5.94. The van der Waals surface area contributed by atoms with Crippen LogP contribution in [0.2, 0.25) is 0 Å². The van der Waals surface area contributed by atoms with Crippen molar-refractivity contribution in [3.8, 4) is 0 Å². The molecule has 0 atom stereocenters. The van der Waals surface area contributed by atoms with Gasteiger partial charge in [-0.25, -0.2) is 0 Å². The highest BCUT2D eigenvalue weighted by atomic mass is 35.5. The summed E-state index contributed by atoms with van der Waals surface area (Å²) in [4.78, 5) is 23.6. The van der Waals surface area contributed by atoms with Crippen LogP contribution in [0, 0.1) is 0 Å². The van der Waals surface area contributed by atoms with Gasteiger partial charge in [0.2, 0.25) is 5.91 Å². The number of benzene rings is 1. The zero-order valence-electron chi connectivity index (χ0n) is 13.9. The zero-order chi connectivity index (χ0) is 16.7. The number of halogens is 1. The molecule has 2 rings (SSSR count). The van der Waals surface area contributed by atoms with E-state index < -0.39 is 5.54 Å². The Balaban J connectivity index is 0.00000288. The number of nitrogens with two attached hydrogens (primary N) is 1. The normalized spacial score (nSPS) is 15.9. The first-order chi connectivity index (χ1) is 11.0. The summed E-state index contributed by atoms with van der Waals surface area (Å²) in [5, 5.41) is 2.94. The molecule has 3 N–H and O–H groups in total. The highest BCUT2D eigenvalue weighted by molar-refractivity contribution is 7.99. The summed E-state index contributed by atoms with van der Waals surface area (Å²) in [6.45, 7) is 0. The first-order valence-corrected chi connectivity index (χ1v) is 9.03. The number of esters is 1. The number of methoxy groups -OCH3 is 1. The van der Waals surface area contributed by atoms with Crippen molar-refractivity contribution in [1.29, 1.82) is 0 Å². The molecule has 1 fully saturated rings. The van der Waals surface area contributed by atoms with Gasteiger partial charge in [-0.1, -0.05) is 31.4 Å². The van der Waals surface area contributed by atoms with Crippen LogP contribution in [0.1, 0.15) is 37.7 Å². The van der Waals surface area contributed by atoms with E-state index in [0.29, 0.717) is 11.5 Å². The maximum atomic E-state index is 12.4. The van der Waals surface area contributed by atoms with E-state index in [0.717, 1.165) is 43.4 Å². The van der Waals surface area contributed by atoms with E-state index in [1.807, 2.05) is 24.3 Å². The number of rotatable bonds is 6. The van der Waals surface area contributed by atoms with E-state index >= 15 is 0 Å². The molecule has 134 valence electrons. The Kier molecular flexibility index (Phi) is 8.59. The van der Waals surface area contributed by atoms with Crippen LogP contribution in [0.4, 0.5) is 5.69 Å². The van der Waals surface area contributed by atoms with Gasteiger partial charge in [0.25, 0.3) is 0 Å². The van der Waals surface area contributed by atoms with Gasteiger partial charge in [-0.15, -0.1) is 24.2 Å². The maximum absolute atomic E-state index is 12.4. The molecule has 0 bridgehead atoms. The highest BCUT2D eigenvalue weighted by Crippen LogP contribution is 2.27. The van der Waals surface area contributed by atoms with Crippen LogP contribution in [-0.2, 0) is 20.1 Å². The van der Waals surface area contributed by atoms with E-state index in [1.165, 1.54) is 18.9 Å². The van der Waals surface area contributed by atoms with E-state index in [9.17, 15) is 9.59 Å². The van der Waals surface area contributed by atoms with E-state index in [4.69, 9.17) is 5.73 Å². The predicted molar refractivity (Wildman–Crippen MR) is 101 cm³/mol. The number of carbonyl (C=O) groups is 2. The number of amides is 1. The molecule has 5 nitrogen and oxygen atoms in total. The lowest BCUT2D eigenvalue weighted by Gasteiger charge is -2.31. The number of thioether (sulfide) groups is 1. The summed E-state index contributed by atoms with van der Waals surface area (Å²) in [7, 11) is 1.38. The molecule has 1 aliphatic carbocycles. The molecule has 1 amide bonds. The van der Waals surface area contributed by atoms with Gasteiger partial charge in [0.05, 0.1) is 18.4 Å². The second-order valence-corrected chi connectivity index (χ2v) is 6.93. The summed E-state index contributed by atoms with van der Waals surface area (Å²) in [6.07, 6.45) is 4.66. The predicted octanol–water partition coefficient (Wildman–Crippen LogP) is 3.11. The Labute approximate surface area is 153 Å². The number of hydrogen-bond acceptors (Lipinski definition) is 5. The Morgan fingerprint density at radius 3 is 2.67 bits per heavy atom. The molecule has 1 aliphatic rings. The summed E-state index contributed by atoms with van der Waals surface area (Å²) in [6, 6.07) is 7.65. The van der Waals surface area contributed by atoms with Gasteiger partial charge in [0.1, 0.15) is 0 Å². The van der Waals surface area contributed by atoms with Crippen LogP contribution in [0.15, 0.2) is 24.3 Å².